The molecule has 2 heterocycles. The van der Waals surface area contributed by atoms with Gasteiger partial charge in [0.05, 0.1) is 5.54 Å². The lowest BCUT2D eigenvalue weighted by Gasteiger charge is -2.35. The van der Waals surface area contributed by atoms with Crippen LogP contribution in [-0.4, -0.2) is 53.5 Å². The van der Waals surface area contributed by atoms with Crippen LogP contribution in [-0.2, 0) is 4.79 Å². The van der Waals surface area contributed by atoms with Gasteiger partial charge in [-0.1, -0.05) is 12.8 Å². The van der Waals surface area contributed by atoms with Crippen molar-refractivity contribution < 1.29 is 9.59 Å². The van der Waals surface area contributed by atoms with Gasteiger partial charge in [0.1, 0.15) is 0 Å². The van der Waals surface area contributed by atoms with Crippen LogP contribution in [0.15, 0.2) is 0 Å². The summed E-state index contributed by atoms with van der Waals surface area (Å²) >= 11 is 0. The van der Waals surface area contributed by atoms with Crippen molar-refractivity contribution in [3.05, 3.63) is 0 Å². The highest BCUT2D eigenvalue weighted by molar-refractivity contribution is 5.80. The SMILES string of the molecule is C#CC(C)(CC)NC(=O)C1CCN(C(=O)N2CCCC2)CC1. The van der Waals surface area contributed by atoms with Crippen molar-refractivity contribution in [1.82, 2.24) is 15.1 Å². The maximum absolute atomic E-state index is 12.3. The largest absolute Gasteiger partial charge is 0.340 e. The Hall–Kier alpha value is -1.70. The van der Waals surface area contributed by atoms with Gasteiger partial charge in [0.2, 0.25) is 5.91 Å². The topological polar surface area (TPSA) is 52.7 Å². The van der Waals surface area contributed by atoms with Crippen molar-refractivity contribution in [1.29, 1.82) is 0 Å². The Kier molecular flexibility index (Phi) is 5.33. The second kappa shape index (κ2) is 7.04. The van der Waals surface area contributed by atoms with Gasteiger partial charge in [-0.25, -0.2) is 4.79 Å². The molecule has 1 N–H and O–H groups in total. The molecule has 5 heteroatoms. The normalized spacial score (nSPS) is 22.0. The molecule has 2 fully saturated rings. The van der Waals surface area contributed by atoms with E-state index in [1.807, 2.05) is 23.6 Å². The number of carbonyl (C=O) groups excluding carboxylic acids is 2. The van der Waals surface area contributed by atoms with E-state index >= 15 is 0 Å². The maximum Gasteiger partial charge on any atom is 0.319 e. The zero-order valence-electron chi connectivity index (χ0n) is 13.7. The van der Waals surface area contributed by atoms with Crippen LogP contribution in [0, 0.1) is 18.3 Å². The van der Waals surface area contributed by atoms with Crippen molar-refractivity contribution in [2.45, 2.75) is 51.5 Å². The summed E-state index contributed by atoms with van der Waals surface area (Å²) in [5.41, 5.74) is -0.570. The number of piperidine rings is 1. The standard InChI is InChI=1S/C17H27N3O2/c1-4-17(3,5-2)18-15(21)14-8-12-20(13-9-14)16(22)19-10-6-7-11-19/h1,14H,5-13H2,2-3H3,(H,18,21). The van der Waals surface area contributed by atoms with Gasteiger partial charge in [-0.2, -0.15) is 0 Å². The highest BCUT2D eigenvalue weighted by Crippen LogP contribution is 2.21. The molecule has 0 saturated carbocycles. The van der Waals surface area contributed by atoms with Crippen molar-refractivity contribution in [2.75, 3.05) is 26.2 Å². The number of amides is 3. The van der Waals surface area contributed by atoms with Crippen LogP contribution < -0.4 is 5.32 Å². The number of hydrogen-bond donors (Lipinski definition) is 1. The Morgan fingerprint density at radius 1 is 1.18 bits per heavy atom. The zero-order valence-corrected chi connectivity index (χ0v) is 13.7. The fraction of sp³-hybridized carbons (Fsp3) is 0.765. The molecule has 1 atom stereocenters. The van der Waals surface area contributed by atoms with Crippen LogP contribution in [0.25, 0.3) is 0 Å². The lowest BCUT2D eigenvalue weighted by atomic mass is 9.93. The summed E-state index contributed by atoms with van der Waals surface area (Å²) in [6.45, 7) is 6.90. The molecular formula is C17H27N3O2. The van der Waals surface area contributed by atoms with Crippen molar-refractivity contribution in [2.24, 2.45) is 5.92 Å². The monoisotopic (exact) mass is 305 g/mol. The van der Waals surface area contributed by atoms with E-state index in [0.29, 0.717) is 19.5 Å². The van der Waals surface area contributed by atoms with Gasteiger partial charge in [0, 0.05) is 32.1 Å². The van der Waals surface area contributed by atoms with Crippen LogP contribution in [0.5, 0.6) is 0 Å². The molecule has 0 aromatic heterocycles. The van der Waals surface area contributed by atoms with Gasteiger partial charge in [0.25, 0.3) is 0 Å². The minimum Gasteiger partial charge on any atom is -0.340 e. The van der Waals surface area contributed by atoms with Crippen molar-refractivity contribution in [3.8, 4) is 12.3 Å². The minimum atomic E-state index is -0.570. The third-order valence-corrected chi connectivity index (χ3v) is 4.94. The first-order chi connectivity index (χ1) is 10.5. The predicted molar refractivity (Wildman–Crippen MR) is 86.2 cm³/mol. The number of rotatable bonds is 3. The molecule has 2 rings (SSSR count). The van der Waals surface area contributed by atoms with Gasteiger partial charge >= 0.3 is 6.03 Å². The van der Waals surface area contributed by atoms with Crippen LogP contribution in [0.3, 0.4) is 0 Å². The zero-order chi connectivity index (χ0) is 16.2. The van der Waals surface area contributed by atoms with Gasteiger partial charge < -0.3 is 15.1 Å². The van der Waals surface area contributed by atoms with Crippen molar-refractivity contribution in [3.63, 3.8) is 0 Å². The number of nitrogens with zero attached hydrogens (tertiary/aromatic N) is 2. The summed E-state index contributed by atoms with van der Waals surface area (Å²) in [6, 6.07) is 0.137. The second-order valence-electron chi connectivity index (χ2n) is 6.56. The number of hydrogen-bond acceptors (Lipinski definition) is 2. The smallest absolute Gasteiger partial charge is 0.319 e. The van der Waals surface area contributed by atoms with Gasteiger partial charge in [-0.3, -0.25) is 4.79 Å². The first kappa shape index (κ1) is 16.7. The summed E-state index contributed by atoms with van der Waals surface area (Å²) in [5.74, 6) is 2.64. The number of terminal acetylenes is 1. The Morgan fingerprint density at radius 2 is 1.73 bits per heavy atom. The first-order valence-corrected chi connectivity index (χ1v) is 8.32. The minimum absolute atomic E-state index is 0.0237. The molecule has 2 saturated heterocycles. The molecular weight excluding hydrogens is 278 g/mol. The molecule has 5 nitrogen and oxygen atoms in total. The Labute approximate surface area is 133 Å². The molecule has 122 valence electrons. The number of nitrogens with one attached hydrogen (secondary N) is 1. The lowest BCUT2D eigenvalue weighted by molar-refractivity contribution is -0.127. The summed E-state index contributed by atoms with van der Waals surface area (Å²) in [6.07, 6.45) is 9.86. The molecule has 0 aromatic rings. The lowest BCUT2D eigenvalue weighted by Crippen LogP contribution is -2.51. The van der Waals surface area contributed by atoms with E-state index in [9.17, 15) is 9.59 Å². The molecule has 3 amide bonds. The van der Waals surface area contributed by atoms with E-state index in [0.717, 1.165) is 38.8 Å². The molecule has 2 aliphatic rings. The van der Waals surface area contributed by atoms with Crippen LogP contribution in [0.1, 0.15) is 46.0 Å². The first-order valence-electron chi connectivity index (χ1n) is 8.32. The maximum atomic E-state index is 12.3. The fourth-order valence-electron chi connectivity index (χ4n) is 3.04. The van der Waals surface area contributed by atoms with Gasteiger partial charge in [0.15, 0.2) is 0 Å². The molecule has 1 unspecified atom stereocenters. The molecule has 22 heavy (non-hydrogen) atoms. The average molecular weight is 305 g/mol. The van der Waals surface area contributed by atoms with E-state index in [1.54, 1.807) is 0 Å². The van der Waals surface area contributed by atoms with E-state index in [2.05, 4.69) is 11.2 Å². The number of carbonyl (C=O) groups is 2. The second-order valence-corrected chi connectivity index (χ2v) is 6.56. The van der Waals surface area contributed by atoms with E-state index in [4.69, 9.17) is 6.42 Å². The van der Waals surface area contributed by atoms with Crippen molar-refractivity contribution >= 4 is 11.9 Å². The van der Waals surface area contributed by atoms with Gasteiger partial charge in [-0.05, 0) is 39.0 Å². The predicted octanol–water partition coefficient (Wildman–Crippen LogP) is 1.83. The van der Waals surface area contributed by atoms with Crippen LogP contribution in [0.4, 0.5) is 4.79 Å². The summed E-state index contributed by atoms with van der Waals surface area (Å²) in [7, 11) is 0. The number of likely N-dealkylation sites (tertiary alicyclic amines) is 2. The third kappa shape index (κ3) is 3.73. The molecule has 0 spiro atoms. The highest BCUT2D eigenvalue weighted by atomic mass is 16.2. The third-order valence-electron chi connectivity index (χ3n) is 4.94. The van der Waals surface area contributed by atoms with Gasteiger partial charge in [-0.15, -0.1) is 6.42 Å². The molecule has 0 aromatic carbocycles. The van der Waals surface area contributed by atoms with Crippen LogP contribution in [0.2, 0.25) is 0 Å². The summed E-state index contributed by atoms with van der Waals surface area (Å²) in [5, 5.41) is 2.97. The van der Waals surface area contributed by atoms with Crippen LogP contribution >= 0.6 is 0 Å². The number of urea groups is 1. The summed E-state index contributed by atoms with van der Waals surface area (Å²) in [4.78, 5) is 28.5. The summed E-state index contributed by atoms with van der Waals surface area (Å²) < 4.78 is 0. The van der Waals surface area contributed by atoms with E-state index < -0.39 is 5.54 Å². The Balaban J connectivity index is 1.83. The van der Waals surface area contributed by atoms with E-state index in [-0.39, 0.29) is 17.9 Å². The quantitative estimate of drug-likeness (QED) is 0.809. The molecule has 0 bridgehead atoms. The molecule has 2 aliphatic heterocycles. The molecule has 0 aliphatic carbocycles. The Morgan fingerprint density at radius 3 is 2.23 bits per heavy atom. The highest BCUT2D eigenvalue weighted by Gasteiger charge is 2.32. The van der Waals surface area contributed by atoms with E-state index in [1.165, 1.54) is 0 Å². The Bertz CT molecular complexity index is 457. The molecule has 0 radical (unpaired) electrons. The fourth-order valence-corrected chi connectivity index (χ4v) is 3.04. The average Bonchev–Trinajstić information content (AvgIpc) is 3.08.